The minimum absolute atomic E-state index is 0.0401. The summed E-state index contributed by atoms with van der Waals surface area (Å²) in [5.74, 6) is -2.13. The van der Waals surface area contributed by atoms with Gasteiger partial charge in [-0.15, -0.1) is 13.2 Å². The fourth-order valence-electron chi connectivity index (χ4n) is 5.31. The lowest BCUT2D eigenvalue weighted by Gasteiger charge is -2.31. The van der Waals surface area contributed by atoms with Crippen LogP contribution >= 0.6 is 0 Å². The topological polar surface area (TPSA) is 9.23 Å². The zero-order chi connectivity index (χ0) is 23.1. The molecule has 1 nitrogen and oxygen atoms in total. The second-order valence-electron chi connectivity index (χ2n) is 9.34. The minimum Gasteiger partial charge on any atom is -0.399 e. The summed E-state index contributed by atoms with van der Waals surface area (Å²) in [7, 11) is 0. The van der Waals surface area contributed by atoms with E-state index in [1.807, 2.05) is 6.08 Å². The van der Waals surface area contributed by atoms with Gasteiger partial charge in [-0.1, -0.05) is 25.0 Å². The van der Waals surface area contributed by atoms with E-state index in [2.05, 4.69) is 10.8 Å². The van der Waals surface area contributed by atoms with Gasteiger partial charge < -0.3 is 4.74 Å². The van der Waals surface area contributed by atoms with Crippen molar-refractivity contribution in [2.75, 3.05) is 6.67 Å². The number of hydrogen-bond donors (Lipinski definition) is 0. The number of rotatable bonds is 8. The zero-order valence-electron chi connectivity index (χ0n) is 18.3. The van der Waals surface area contributed by atoms with Crippen LogP contribution in [0.5, 0.6) is 5.75 Å². The maximum atomic E-state index is 14.0. The summed E-state index contributed by atoms with van der Waals surface area (Å²) in [6, 6.07) is 1.96. The van der Waals surface area contributed by atoms with Gasteiger partial charge >= 0.3 is 6.36 Å². The molecule has 2 saturated carbocycles. The highest BCUT2D eigenvalue weighted by atomic mass is 19.4. The Labute approximate surface area is 186 Å². The van der Waals surface area contributed by atoms with E-state index in [1.54, 1.807) is 0 Å². The number of allylic oxidation sites excluding steroid dienone is 2. The molecule has 180 valence electrons. The van der Waals surface area contributed by atoms with Crippen molar-refractivity contribution < 1.29 is 31.1 Å². The monoisotopic (exact) mass is 462 g/mol. The summed E-state index contributed by atoms with van der Waals surface area (Å²) in [5, 5.41) is 0. The third kappa shape index (κ3) is 7.45. The lowest BCUT2D eigenvalue weighted by atomic mass is 9.74. The molecule has 0 unspecified atom stereocenters. The van der Waals surface area contributed by atoms with Crippen LogP contribution in [0.2, 0.25) is 0 Å². The molecule has 0 atom stereocenters. The van der Waals surface area contributed by atoms with Crippen LogP contribution in [0.25, 0.3) is 0 Å². The van der Waals surface area contributed by atoms with Crippen molar-refractivity contribution >= 4 is 0 Å². The van der Waals surface area contributed by atoms with Gasteiger partial charge in [0.1, 0.15) is 0 Å². The van der Waals surface area contributed by atoms with Gasteiger partial charge in [0.25, 0.3) is 0 Å². The standard InChI is InChI=1S/C25H32F6O/c26-14-2-1-3-17-4-6-18(7-5-17)8-9-19-10-12-20(13-11-19)21-15-22(27)24(23(28)16-21)32-25(29,30)31/h1,3,15-20H,2,4-14H2. The fourth-order valence-corrected chi connectivity index (χ4v) is 5.31. The summed E-state index contributed by atoms with van der Waals surface area (Å²) in [6.45, 7) is -0.296. The van der Waals surface area contributed by atoms with Crippen LogP contribution in [0, 0.1) is 29.4 Å². The van der Waals surface area contributed by atoms with Gasteiger partial charge in [0.05, 0.1) is 6.67 Å². The van der Waals surface area contributed by atoms with Crippen LogP contribution in [0.1, 0.15) is 82.1 Å². The lowest BCUT2D eigenvalue weighted by molar-refractivity contribution is -0.276. The van der Waals surface area contributed by atoms with E-state index < -0.39 is 23.7 Å². The number of hydrogen-bond acceptors (Lipinski definition) is 1. The van der Waals surface area contributed by atoms with Crippen LogP contribution in [0.4, 0.5) is 26.3 Å². The van der Waals surface area contributed by atoms with Crippen LogP contribution in [-0.4, -0.2) is 13.0 Å². The molecule has 0 spiro atoms. The van der Waals surface area contributed by atoms with Gasteiger partial charge in [0.15, 0.2) is 11.6 Å². The largest absolute Gasteiger partial charge is 0.573 e. The molecule has 0 aromatic heterocycles. The summed E-state index contributed by atoms with van der Waals surface area (Å²) in [4.78, 5) is 0. The van der Waals surface area contributed by atoms with E-state index >= 15 is 0 Å². The van der Waals surface area contributed by atoms with Crippen LogP contribution < -0.4 is 4.74 Å². The Balaban J connectivity index is 1.42. The van der Waals surface area contributed by atoms with Gasteiger partial charge in [-0.2, -0.15) is 0 Å². The molecule has 0 N–H and O–H groups in total. The Kier molecular flexibility index (Phi) is 8.95. The smallest absolute Gasteiger partial charge is 0.399 e. The maximum Gasteiger partial charge on any atom is 0.573 e. The number of halogens is 6. The molecule has 2 aliphatic rings. The number of ether oxygens (including phenoxy) is 1. The highest BCUT2D eigenvalue weighted by Gasteiger charge is 2.34. The highest BCUT2D eigenvalue weighted by Crippen LogP contribution is 2.41. The molecule has 0 amide bonds. The molecular weight excluding hydrogens is 430 g/mol. The van der Waals surface area contributed by atoms with Gasteiger partial charge in [-0.05, 0) is 99.2 Å². The molecule has 0 aliphatic heterocycles. The molecule has 1 aromatic carbocycles. The average molecular weight is 463 g/mol. The van der Waals surface area contributed by atoms with Crippen molar-refractivity contribution in [3.05, 3.63) is 41.5 Å². The first kappa shape index (κ1) is 25.0. The SMILES string of the molecule is FCCC=CC1CCC(CCC2CCC(c3cc(F)c(OC(F)(F)F)c(F)c3)CC2)CC1. The first-order valence-corrected chi connectivity index (χ1v) is 11.7. The number of benzene rings is 1. The molecule has 3 rings (SSSR count). The van der Waals surface area contributed by atoms with E-state index in [0.717, 1.165) is 50.2 Å². The van der Waals surface area contributed by atoms with Crippen LogP contribution in [0.15, 0.2) is 24.3 Å². The van der Waals surface area contributed by atoms with E-state index in [1.165, 1.54) is 32.1 Å². The molecule has 0 saturated heterocycles. The second-order valence-corrected chi connectivity index (χ2v) is 9.34. The predicted octanol–water partition coefficient (Wildman–Crippen LogP) is 8.64. The van der Waals surface area contributed by atoms with Crippen LogP contribution in [-0.2, 0) is 0 Å². The molecule has 7 heteroatoms. The van der Waals surface area contributed by atoms with Crippen LogP contribution in [0.3, 0.4) is 0 Å². The Morgan fingerprint density at radius 3 is 1.88 bits per heavy atom. The van der Waals surface area contributed by atoms with Gasteiger partial charge in [0, 0.05) is 0 Å². The Morgan fingerprint density at radius 1 is 0.844 bits per heavy atom. The van der Waals surface area contributed by atoms with Crippen molar-refractivity contribution in [1.82, 2.24) is 0 Å². The zero-order valence-corrected chi connectivity index (χ0v) is 18.3. The van der Waals surface area contributed by atoms with Gasteiger partial charge in [-0.3, -0.25) is 4.39 Å². The Morgan fingerprint density at radius 2 is 1.38 bits per heavy atom. The van der Waals surface area contributed by atoms with E-state index in [4.69, 9.17) is 0 Å². The predicted molar refractivity (Wildman–Crippen MR) is 112 cm³/mol. The quantitative estimate of drug-likeness (QED) is 0.277. The molecule has 0 bridgehead atoms. The first-order valence-electron chi connectivity index (χ1n) is 11.7. The molecule has 2 fully saturated rings. The molecule has 0 radical (unpaired) electrons. The lowest BCUT2D eigenvalue weighted by Crippen LogP contribution is -2.20. The normalized spacial score (nSPS) is 27.1. The van der Waals surface area contributed by atoms with Crippen molar-refractivity contribution in [2.24, 2.45) is 17.8 Å². The third-order valence-corrected chi connectivity index (χ3v) is 7.12. The molecular formula is C25H32F6O. The highest BCUT2D eigenvalue weighted by molar-refractivity contribution is 5.33. The Hall–Kier alpha value is -1.66. The second kappa shape index (κ2) is 11.5. The van der Waals surface area contributed by atoms with E-state index in [-0.39, 0.29) is 12.6 Å². The van der Waals surface area contributed by atoms with Crippen molar-refractivity contribution in [3.8, 4) is 5.75 Å². The van der Waals surface area contributed by atoms with Gasteiger partial charge in [-0.25, -0.2) is 8.78 Å². The molecule has 2 aliphatic carbocycles. The van der Waals surface area contributed by atoms with E-state index in [0.29, 0.717) is 23.8 Å². The molecule has 0 heterocycles. The van der Waals surface area contributed by atoms with Crippen molar-refractivity contribution in [1.29, 1.82) is 0 Å². The van der Waals surface area contributed by atoms with Gasteiger partial charge in [0.2, 0.25) is 5.75 Å². The Bertz CT molecular complexity index is 720. The average Bonchev–Trinajstić information content (AvgIpc) is 2.75. The summed E-state index contributed by atoms with van der Waals surface area (Å²) in [5.41, 5.74) is 0.409. The fraction of sp³-hybridized carbons (Fsp3) is 0.680. The summed E-state index contributed by atoms with van der Waals surface area (Å²) in [6.07, 6.45) is 10.1. The molecule has 32 heavy (non-hydrogen) atoms. The van der Waals surface area contributed by atoms with Crippen molar-refractivity contribution in [3.63, 3.8) is 0 Å². The maximum absolute atomic E-state index is 14.0. The molecule has 1 aromatic rings. The first-order chi connectivity index (χ1) is 15.2. The minimum atomic E-state index is -5.13. The van der Waals surface area contributed by atoms with Crippen molar-refractivity contribution in [2.45, 2.75) is 82.9 Å². The summed E-state index contributed by atoms with van der Waals surface area (Å²) < 4.78 is 80.7. The number of alkyl halides is 4. The third-order valence-electron chi connectivity index (χ3n) is 7.12. The van der Waals surface area contributed by atoms with E-state index in [9.17, 15) is 26.3 Å². The summed E-state index contributed by atoms with van der Waals surface area (Å²) >= 11 is 0.